The van der Waals surface area contributed by atoms with Crippen molar-refractivity contribution in [1.29, 1.82) is 0 Å². The summed E-state index contributed by atoms with van der Waals surface area (Å²) in [5.74, 6) is -2.72. The first-order chi connectivity index (χ1) is 8.94. The number of amides is 1. The Morgan fingerprint density at radius 1 is 1.00 bits per heavy atom. The standard InChI is InChI=1S/C13H24N2O5/c1-7(11(17)18)14-9(6-13(3,4)5)10(16)15-8(2)12(19)20/h7-9,14H,6H2,1-5H3,(H,15,16)(H,17,18)(H,19,20)/t7-,8+,9+/m1/s1. The van der Waals surface area contributed by atoms with Gasteiger partial charge >= 0.3 is 11.9 Å². The van der Waals surface area contributed by atoms with Gasteiger partial charge in [0.2, 0.25) is 5.91 Å². The summed E-state index contributed by atoms with van der Waals surface area (Å²) in [7, 11) is 0. The zero-order valence-electron chi connectivity index (χ0n) is 12.6. The predicted octanol–water partition coefficient (Wildman–Crippen LogP) is 0.443. The van der Waals surface area contributed by atoms with Crippen molar-refractivity contribution in [2.24, 2.45) is 5.41 Å². The number of rotatable bonds is 7. The number of hydrogen-bond donors (Lipinski definition) is 4. The highest BCUT2D eigenvalue weighted by Crippen LogP contribution is 2.21. The van der Waals surface area contributed by atoms with Crippen molar-refractivity contribution in [2.45, 2.75) is 59.2 Å². The van der Waals surface area contributed by atoms with Crippen molar-refractivity contribution in [3.05, 3.63) is 0 Å². The molecule has 0 heterocycles. The van der Waals surface area contributed by atoms with Gasteiger partial charge in [0.25, 0.3) is 0 Å². The van der Waals surface area contributed by atoms with E-state index in [1.165, 1.54) is 13.8 Å². The van der Waals surface area contributed by atoms with Gasteiger partial charge in [0.1, 0.15) is 12.1 Å². The van der Waals surface area contributed by atoms with Crippen LogP contribution in [0.1, 0.15) is 41.0 Å². The molecule has 0 unspecified atom stereocenters. The average Bonchev–Trinajstić information content (AvgIpc) is 2.25. The van der Waals surface area contributed by atoms with Crippen LogP contribution in [-0.4, -0.2) is 46.2 Å². The molecule has 0 spiro atoms. The Morgan fingerprint density at radius 2 is 1.45 bits per heavy atom. The zero-order valence-corrected chi connectivity index (χ0v) is 12.6. The molecule has 0 fully saturated rings. The molecule has 116 valence electrons. The van der Waals surface area contributed by atoms with Gasteiger partial charge in [-0.05, 0) is 25.7 Å². The van der Waals surface area contributed by atoms with Crippen LogP contribution in [-0.2, 0) is 14.4 Å². The molecule has 7 heteroatoms. The van der Waals surface area contributed by atoms with E-state index in [0.29, 0.717) is 6.42 Å². The van der Waals surface area contributed by atoms with Crippen molar-refractivity contribution >= 4 is 17.8 Å². The van der Waals surface area contributed by atoms with Crippen LogP contribution in [0.5, 0.6) is 0 Å². The van der Waals surface area contributed by atoms with Crippen LogP contribution in [0.25, 0.3) is 0 Å². The highest BCUT2D eigenvalue weighted by molar-refractivity contribution is 5.87. The maximum absolute atomic E-state index is 12.1. The largest absolute Gasteiger partial charge is 0.480 e. The predicted molar refractivity (Wildman–Crippen MR) is 73.3 cm³/mol. The maximum atomic E-state index is 12.1. The lowest BCUT2D eigenvalue weighted by molar-refractivity contribution is -0.142. The number of carbonyl (C=O) groups is 3. The van der Waals surface area contributed by atoms with E-state index in [-0.39, 0.29) is 5.41 Å². The molecule has 0 aliphatic carbocycles. The summed E-state index contributed by atoms with van der Waals surface area (Å²) in [6, 6.07) is -2.68. The Bertz CT molecular complexity index is 375. The van der Waals surface area contributed by atoms with Gasteiger partial charge in [-0.2, -0.15) is 0 Å². The lowest BCUT2D eigenvalue weighted by Crippen LogP contribution is -2.53. The molecule has 0 bridgehead atoms. The molecule has 0 saturated heterocycles. The van der Waals surface area contributed by atoms with Crippen LogP contribution in [0.3, 0.4) is 0 Å². The normalized spacial score (nSPS) is 16.1. The van der Waals surface area contributed by atoms with Crippen LogP contribution in [0, 0.1) is 5.41 Å². The fourth-order valence-electron chi connectivity index (χ4n) is 1.59. The minimum atomic E-state index is -1.14. The quantitative estimate of drug-likeness (QED) is 0.540. The topological polar surface area (TPSA) is 116 Å². The molecule has 0 radical (unpaired) electrons. The fraction of sp³-hybridized carbons (Fsp3) is 0.769. The zero-order chi connectivity index (χ0) is 16.1. The minimum Gasteiger partial charge on any atom is -0.480 e. The Morgan fingerprint density at radius 3 is 1.80 bits per heavy atom. The third-order valence-corrected chi connectivity index (χ3v) is 2.68. The molecule has 7 nitrogen and oxygen atoms in total. The van der Waals surface area contributed by atoms with E-state index >= 15 is 0 Å². The first-order valence-electron chi connectivity index (χ1n) is 6.46. The molecule has 4 N–H and O–H groups in total. The van der Waals surface area contributed by atoms with Crippen molar-refractivity contribution in [1.82, 2.24) is 10.6 Å². The van der Waals surface area contributed by atoms with E-state index in [0.717, 1.165) is 0 Å². The Hall–Kier alpha value is -1.63. The fourth-order valence-corrected chi connectivity index (χ4v) is 1.59. The van der Waals surface area contributed by atoms with Gasteiger partial charge in [-0.25, -0.2) is 0 Å². The molecule has 0 saturated carbocycles. The van der Waals surface area contributed by atoms with E-state index in [1.807, 2.05) is 20.8 Å². The molecular formula is C13H24N2O5. The SMILES string of the molecule is C[C@H](NC(=O)[C@H](CC(C)(C)C)N[C@H](C)C(=O)O)C(=O)O. The van der Waals surface area contributed by atoms with Gasteiger partial charge in [-0.15, -0.1) is 0 Å². The van der Waals surface area contributed by atoms with Crippen LogP contribution in [0.15, 0.2) is 0 Å². The monoisotopic (exact) mass is 288 g/mol. The van der Waals surface area contributed by atoms with Gasteiger partial charge in [-0.3, -0.25) is 19.7 Å². The molecule has 20 heavy (non-hydrogen) atoms. The van der Waals surface area contributed by atoms with E-state index in [1.54, 1.807) is 0 Å². The third kappa shape index (κ3) is 7.08. The second kappa shape index (κ2) is 7.23. The highest BCUT2D eigenvalue weighted by Gasteiger charge is 2.29. The number of carboxylic acid groups (broad SMARTS) is 2. The molecular weight excluding hydrogens is 264 g/mol. The van der Waals surface area contributed by atoms with Gasteiger partial charge in [0.15, 0.2) is 0 Å². The van der Waals surface area contributed by atoms with Gasteiger partial charge < -0.3 is 15.5 Å². The lowest BCUT2D eigenvalue weighted by atomic mass is 9.87. The van der Waals surface area contributed by atoms with Crippen molar-refractivity contribution in [3.8, 4) is 0 Å². The molecule has 0 aromatic heterocycles. The summed E-state index contributed by atoms with van der Waals surface area (Å²) in [4.78, 5) is 33.7. The summed E-state index contributed by atoms with van der Waals surface area (Å²) in [5, 5.41) is 22.7. The summed E-state index contributed by atoms with van der Waals surface area (Å²) < 4.78 is 0. The number of carboxylic acids is 2. The smallest absolute Gasteiger partial charge is 0.325 e. The van der Waals surface area contributed by atoms with Gasteiger partial charge in [0, 0.05) is 0 Å². The molecule has 3 atom stereocenters. The van der Waals surface area contributed by atoms with Crippen LogP contribution in [0.4, 0.5) is 0 Å². The van der Waals surface area contributed by atoms with Gasteiger partial charge in [-0.1, -0.05) is 20.8 Å². The van der Waals surface area contributed by atoms with E-state index in [4.69, 9.17) is 10.2 Å². The summed E-state index contributed by atoms with van der Waals surface area (Å²) in [5.41, 5.74) is -0.209. The van der Waals surface area contributed by atoms with Crippen LogP contribution in [0.2, 0.25) is 0 Å². The maximum Gasteiger partial charge on any atom is 0.325 e. The summed E-state index contributed by atoms with van der Waals surface area (Å²) in [6.07, 6.45) is 0.392. The molecule has 0 aromatic rings. The molecule has 0 aliphatic heterocycles. The molecule has 0 aliphatic rings. The van der Waals surface area contributed by atoms with Crippen molar-refractivity contribution in [3.63, 3.8) is 0 Å². The summed E-state index contributed by atoms with van der Waals surface area (Å²) in [6.45, 7) is 8.55. The van der Waals surface area contributed by atoms with Crippen LogP contribution >= 0.6 is 0 Å². The molecule has 0 rings (SSSR count). The Kier molecular flexibility index (Phi) is 6.64. The van der Waals surface area contributed by atoms with Gasteiger partial charge in [0.05, 0.1) is 6.04 Å². The van der Waals surface area contributed by atoms with Crippen LogP contribution < -0.4 is 10.6 Å². The second-order valence-electron chi connectivity index (χ2n) is 6.11. The summed E-state index contributed by atoms with van der Waals surface area (Å²) >= 11 is 0. The second-order valence-corrected chi connectivity index (χ2v) is 6.11. The number of carbonyl (C=O) groups excluding carboxylic acids is 1. The van der Waals surface area contributed by atoms with E-state index in [2.05, 4.69) is 10.6 Å². The number of aliphatic carboxylic acids is 2. The van der Waals surface area contributed by atoms with Crippen molar-refractivity contribution < 1.29 is 24.6 Å². The molecule has 0 aromatic carbocycles. The Balaban J connectivity index is 4.87. The van der Waals surface area contributed by atoms with E-state index < -0.39 is 36.0 Å². The lowest BCUT2D eigenvalue weighted by Gasteiger charge is -2.28. The average molecular weight is 288 g/mol. The van der Waals surface area contributed by atoms with Crippen molar-refractivity contribution in [2.75, 3.05) is 0 Å². The number of nitrogens with one attached hydrogen (secondary N) is 2. The molecule has 1 amide bonds. The van der Waals surface area contributed by atoms with E-state index in [9.17, 15) is 14.4 Å². The Labute approximate surface area is 118 Å². The minimum absolute atomic E-state index is 0.209. The highest BCUT2D eigenvalue weighted by atomic mass is 16.4. The third-order valence-electron chi connectivity index (χ3n) is 2.68. The first kappa shape index (κ1) is 18.4. The number of hydrogen-bond acceptors (Lipinski definition) is 4. The first-order valence-corrected chi connectivity index (χ1v) is 6.46.